The normalized spacial score (nSPS) is 14.2. The molecule has 0 bridgehead atoms. The van der Waals surface area contributed by atoms with Gasteiger partial charge < -0.3 is 5.73 Å². The van der Waals surface area contributed by atoms with Crippen molar-refractivity contribution in [3.8, 4) is 0 Å². The van der Waals surface area contributed by atoms with Crippen LogP contribution in [0.2, 0.25) is 0 Å². The van der Waals surface area contributed by atoms with Crippen molar-refractivity contribution < 1.29 is 26.3 Å². The van der Waals surface area contributed by atoms with E-state index in [2.05, 4.69) is 0 Å². The summed E-state index contributed by atoms with van der Waals surface area (Å²) in [7, 11) is 0. The first-order valence-corrected chi connectivity index (χ1v) is 4.13. The predicted octanol–water partition coefficient (Wildman–Crippen LogP) is 3.11. The summed E-state index contributed by atoms with van der Waals surface area (Å²) in [5.41, 5.74) is 3.02. The van der Waals surface area contributed by atoms with E-state index in [9.17, 15) is 26.3 Å². The Labute approximate surface area is 86.9 Å². The molecule has 1 aromatic rings. The van der Waals surface area contributed by atoms with E-state index in [0.29, 0.717) is 12.1 Å². The van der Waals surface area contributed by atoms with Crippen LogP contribution in [-0.2, 0) is 6.18 Å². The minimum absolute atomic E-state index is 0.224. The van der Waals surface area contributed by atoms with Gasteiger partial charge in [-0.15, -0.1) is 0 Å². The van der Waals surface area contributed by atoms with Crippen LogP contribution in [0, 0.1) is 5.82 Å². The number of halogens is 6. The first-order chi connectivity index (χ1) is 7.21. The van der Waals surface area contributed by atoms with Crippen LogP contribution >= 0.6 is 0 Å². The van der Waals surface area contributed by atoms with Crippen molar-refractivity contribution in [2.24, 2.45) is 5.73 Å². The van der Waals surface area contributed by atoms with Crippen LogP contribution in [0.3, 0.4) is 0 Å². The smallest absolute Gasteiger partial charge is 0.319 e. The molecule has 1 nitrogen and oxygen atoms in total. The molecule has 1 aromatic carbocycles. The lowest BCUT2D eigenvalue weighted by Crippen LogP contribution is -2.20. The zero-order chi connectivity index (χ0) is 12.5. The van der Waals surface area contributed by atoms with Gasteiger partial charge in [-0.25, -0.2) is 13.2 Å². The van der Waals surface area contributed by atoms with E-state index in [1.165, 1.54) is 0 Å². The summed E-state index contributed by atoms with van der Waals surface area (Å²) in [5.74, 6) is -1.25. The Morgan fingerprint density at radius 3 is 2.06 bits per heavy atom. The molecule has 7 heteroatoms. The number of rotatable bonds is 2. The highest BCUT2D eigenvalue weighted by Crippen LogP contribution is 2.32. The van der Waals surface area contributed by atoms with Crippen molar-refractivity contribution in [1.82, 2.24) is 0 Å². The van der Waals surface area contributed by atoms with Gasteiger partial charge in [0, 0.05) is 0 Å². The second-order valence-electron chi connectivity index (χ2n) is 3.13. The summed E-state index contributed by atoms with van der Waals surface area (Å²) in [5, 5.41) is 0. The molecule has 0 saturated carbocycles. The molecule has 16 heavy (non-hydrogen) atoms. The number of hydrogen-bond acceptors (Lipinski definition) is 1. The minimum Gasteiger partial charge on any atom is -0.319 e. The van der Waals surface area contributed by atoms with E-state index in [1.54, 1.807) is 0 Å². The van der Waals surface area contributed by atoms with Crippen LogP contribution < -0.4 is 5.73 Å². The van der Waals surface area contributed by atoms with Crippen molar-refractivity contribution in [3.05, 3.63) is 35.1 Å². The standard InChI is InChI=1S/C9H7F6N/c10-6-2-4(7(16)8(11)12)1-5(3-6)9(13,14)15/h1-3,7-8H,16H2/t7-/m0/s1. The molecule has 0 spiro atoms. The molecule has 0 aliphatic carbocycles. The second kappa shape index (κ2) is 4.32. The van der Waals surface area contributed by atoms with Gasteiger partial charge in [0.25, 0.3) is 6.43 Å². The third kappa shape index (κ3) is 2.88. The second-order valence-corrected chi connectivity index (χ2v) is 3.13. The number of nitrogens with two attached hydrogens (primary N) is 1. The summed E-state index contributed by atoms with van der Waals surface area (Å²) in [6.45, 7) is 0. The van der Waals surface area contributed by atoms with Crippen molar-refractivity contribution in [1.29, 1.82) is 0 Å². The maximum atomic E-state index is 12.8. The van der Waals surface area contributed by atoms with Gasteiger partial charge in [0.2, 0.25) is 0 Å². The number of hydrogen-bond donors (Lipinski definition) is 1. The average molecular weight is 243 g/mol. The van der Waals surface area contributed by atoms with Crippen LogP contribution in [0.15, 0.2) is 18.2 Å². The highest BCUT2D eigenvalue weighted by Gasteiger charge is 2.32. The van der Waals surface area contributed by atoms with Crippen molar-refractivity contribution >= 4 is 0 Å². The molecule has 0 fully saturated rings. The monoisotopic (exact) mass is 243 g/mol. The fraction of sp³-hybridized carbons (Fsp3) is 0.333. The van der Waals surface area contributed by atoms with Gasteiger partial charge in [-0.2, -0.15) is 13.2 Å². The molecule has 2 N–H and O–H groups in total. The van der Waals surface area contributed by atoms with Crippen molar-refractivity contribution in [2.75, 3.05) is 0 Å². The Bertz CT molecular complexity index is 373. The maximum absolute atomic E-state index is 12.8. The van der Waals surface area contributed by atoms with E-state index in [0.717, 1.165) is 0 Å². The van der Waals surface area contributed by atoms with E-state index < -0.39 is 35.6 Å². The van der Waals surface area contributed by atoms with Crippen molar-refractivity contribution in [3.63, 3.8) is 0 Å². The molecule has 0 heterocycles. The van der Waals surface area contributed by atoms with Gasteiger partial charge in [0.05, 0.1) is 11.6 Å². The molecule has 0 aliphatic rings. The number of benzene rings is 1. The predicted molar refractivity (Wildman–Crippen MR) is 44.3 cm³/mol. The summed E-state index contributed by atoms with van der Waals surface area (Å²) in [4.78, 5) is 0. The molecule has 0 aromatic heterocycles. The molecule has 0 aliphatic heterocycles. The fourth-order valence-electron chi connectivity index (χ4n) is 1.11. The molecule has 0 radical (unpaired) electrons. The lowest BCUT2D eigenvalue weighted by molar-refractivity contribution is -0.137. The van der Waals surface area contributed by atoms with Crippen molar-refractivity contribution in [2.45, 2.75) is 18.6 Å². The maximum Gasteiger partial charge on any atom is 0.416 e. The van der Waals surface area contributed by atoms with Gasteiger partial charge in [0.15, 0.2) is 0 Å². The van der Waals surface area contributed by atoms with E-state index in [4.69, 9.17) is 5.73 Å². The molecule has 0 amide bonds. The fourth-order valence-corrected chi connectivity index (χ4v) is 1.11. The van der Waals surface area contributed by atoms with Crippen LogP contribution in [0.5, 0.6) is 0 Å². The third-order valence-corrected chi connectivity index (χ3v) is 1.90. The van der Waals surface area contributed by atoms with Crippen LogP contribution in [-0.4, -0.2) is 6.43 Å². The third-order valence-electron chi connectivity index (χ3n) is 1.90. The Hall–Kier alpha value is -1.24. The molecule has 1 atom stereocenters. The Morgan fingerprint density at radius 2 is 1.62 bits per heavy atom. The Balaban J connectivity index is 3.18. The quantitative estimate of drug-likeness (QED) is 0.793. The van der Waals surface area contributed by atoms with Crippen LogP contribution in [0.4, 0.5) is 26.3 Å². The van der Waals surface area contributed by atoms with E-state index in [-0.39, 0.29) is 6.07 Å². The first-order valence-electron chi connectivity index (χ1n) is 4.13. The topological polar surface area (TPSA) is 26.0 Å². The van der Waals surface area contributed by atoms with Gasteiger partial charge in [-0.1, -0.05) is 0 Å². The zero-order valence-corrected chi connectivity index (χ0v) is 7.73. The molecule has 0 saturated heterocycles. The molecular weight excluding hydrogens is 236 g/mol. The van der Waals surface area contributed by atoms with Gasteiger partial charge in [-0.05, 0) is 23.8 Å². The summed E-state index contributed by atoms with van der Waals surface area (Å²) in [6, 6.07) is -0.731. The van der Waals surface area contributed by atoms with Crippen LogP contribution in [0.25, 0.3) is 0 Å². The Morgan fingerprint density at radius 1 is 1.06 bits per heavy atom. The Kier molecular flexibility index (Phi) is 3.47. The SMILES string of the molecule is N[C@@H](c1cc(F)cc(C(F)(F)F)c1)C(F)F. The molecule has 0 unspecified atom stereocenters. The lowest BCUT2D eigenvalue weighted by Gasteiger charge is -2.14. The first kappa shape index (κ1) is 12.8. The van der Waals surface area contributed by atoms with Gasteiger partial charge >= 0.3 is 6.18 Å². The zero-order valence-electron chi connectivity index (χ0n) is 7.73. The largest absolute Gasteiger partial charge is 0.416 e. The summed E-state index contributed by atoms with van der Waals surface area (Å²) < 4.78 is 73.7. The van der Waals surface area contributed by atoms with E-state index in [1.807, 2.05) is 0 Å². The average Bonchev–Trinajstić information content (AvgIpc) is 2.14. The molecule has 1 rings (SSSR count). The van der Waals surface area contributed by atoms with E-state index >= 15 is 0 Å². The summed E-state index contributed by atoms with van der Waals surface area (Å²) >= 11 is 0. The number of alkyl halides is 5. The minimum atomic E-state index is -4.79. The lowest BCUT2D eigenvalue weighted by atomic mass is 10.0. The van der Waals surface area contributed by atoms with Gasteiger partial charge in [-0.3, -0.25) is 0 Å². The highest BCUT2D eigenvalue weighted by atomic mass is 19.4. The van der Waals surface area contributed by atoms with Gasteiger partial charge in [0.1, 0.15) is 5.82 Å². The molecular formula is C9H7F6N. The molecule has 90 valence electrons. The highest BCUT2D eigenvalue weighted by molar-refractivity contribution is 5.29. The summed E-state index contributed by atoms with van der Waals surface area (Å²) in [6.07, 6.45) is -7.85. The van der Waals surface area contributed by atoms with Crippen LogP contribution in [0.1, 0.15) is 17.2 Å².